The van der Waals surface area contributed by atoms with Gasteiger partial charge in [-0.3, -0.25) is 0 Å². The van der Waals surface area contributed by atoms with Crippen LogP contribution in [-0.4, -0.2) is 0 Å². The van der Waals surface area contributed by atoms with Crippen molar-refractivity contribution < 1.29 is 8.78 Å². The first-order valence-electron chi connectivity index (χ1n) is 5.89. The van der Waals surface area contributed by atoms with Crippen LogP contribution in [0.1, 0.15) is 24.1 Å². The summed E-state index contributed by atoms with van der Waals surface area (Å²) in [4.78, 5) is 0. The molecule has 0 heterocycles. The number of rotatable bonds is 4. The van der Waals surface area contributed by atoms with Gasteiger partial charge in [-0.1, -0.05) is 42.5 Å². The standard InChI is InChI=1S/C15H15F2N/c1-11(12-6-3-2-4-7-12)18-10-13-8-5-9-14(16)15(13)17/h2-9,11,18H,10H2,1H3/t11-/m0/s1. The van der Waals surface area contributed by atoms with Gasteiger partial charge in [-0.2, -0.15) is 0 Å². The molecule has 0 saturated carbocycles. The summed E-state index contributed by atoms with van der Waals surface area (Å²) in [5.74, 6) is -1.58. The van der Waals surface area contributed by atoms with E-state index in [-0.39, 0.29) is 6.04 Å². The van der Waals surface area contributed by atoms with Gasteiger partial charge in [-0.05, 0) is 18.6 Å². The average Bonchev–Trinajstić information content (AvgIpc) is 2.41. The van der Waals surface area contributed by atoms with Crippen molar-refractivity contribution in [2.24, 2.45) is 0 Å². The SMILES string of the molecule is C[C@H](NCc1cccc(F)c1F)c1ccccc1. The molecular weight excluding hydrogens is 232 g/mol. The zero-order valence-corrected chi connectivity index (χ0v) is 10.2. The van der Waals surface area contributed by atoms with Crippen molar-refractivity contribution in [1.29, 1.82) is 0 Å². The molecular formula is C15H15F2N. The van der Waals surface area contributed by atoms with Crippen LogP contribution in [0.5, 0.6) is 0 Å². The highest BCUT2D eigenvalue weighted by atomic mass is 19.2. The van der Waals surface area contributed by atoms with Crippen molar-refractivity contribution in [2.45, 2.75) is 19.5 Å². The summed E-state index contributed by atoms with van der Waals surface area (Å²) in [6.45, 7) is 2.30. The lowest BCUT2D eigenvalue weighted by Crippen LogP contribution is -2.19. The second-order valence-electron chi connectivity index (χ2n) is 4.23. The summed E-state index contributed by atoms with van der Waals surface area (Å²) >= 11 is 0. The lowest BCUT2D eigenvalue weighted by molar-refractivity contribution is 0.484. The van der Waals surface area contributed by atoms with Gasteiger partial charge in [-0.25, -0.2) is 8.78 Å². The van der Waals surface area contributed by atoms with Crippen LogP contribution in [0.15, 0.2) is 48.5 Å². The second kappa shape index (κ2) is 5.74. The molecule has 0 bridgehead atoms. The molecule has 18 heavy (non-hydrogen) atoms. The zero-order valence-electron chi connectivity index (χ0n) is 10.2. The summed E-state index contributed by atoms with van der Waals surface area (Å²) in [6.07, 6.45) is 0. The molecule has 0 radical (unpaired) electrons. The van der Waals surface area contributed by atoms with Gasteiger partial charge in [0.05, 0.1) is 0 Å². The van der Waals surface area contributed by atoms with Crippen molar-refractivity contribution in [3.05, 3.63) is 71.3 Å². The smallest absolute Gasteiger partial charge is 0.163 e. The molecule has 0 unspecified atom stereocenters. The molecule has 1 nitrogen and oxygen atoms in total. The Morgan fingerprint density at radius 2 is 1.72 bits per heavy atom. The van der Waals surface area contributed by atoms with E-state index in [9.17, 15) is 8.78 Å². The molecule has 2 aromatic carbocycles. The highest BCUT2D eigenvalue weighted by molar-refractivity contribution is 5.21. The first-order chi connectivity index (χ1) is 8.68. The summed E-state index contributed by atoms with van der Waals surface area (Å²) in [5, 5.41) is 3.18. The van der Waals surface area contributed by atoms with Crippen LogP contribution in [0, 0.1) is 11.6 Å². The van der Waals surface area contributed by atoms with Crippen LogP contribution in [0.3, 0.4) is 0 Å². The highest BCUT2D eigenvalue weighted by Gasteiger charge is 2.09. The summed E-state index contributed by atoms with van der Waals surface area (Å²) in [5.41, 5.74) is 1.46. The maximum absolute atomic E-state index is 13.4. The summed E-state index contributed by atoms with van der Waals surface area (Å²) in [7, 11) is 0. The fourth-order valence-corrected chi connectivity index (χ4v) is 1.81. The van der Waals surface area contributed by atoms with E-state index in [2.05, 4.69) is 5.32 Å². The van der Waals surface area contributed by atoms with Gasteiger partial charge in [0, 0.05) is 18.2 Å². The molecule has 0 aromatic heterocycles. The molecule has 3 heteroatoms. The summed E-state index contributed by atoms with van der Waals surface area (Å²) < 4.78 is 26.5. The molecule has 0 aliphatic heterocycles. The van der Waals surface area contributed by atoms with Crippen LogP contribution >= 0.6 is 0 Å². The normalized spacial score (nSPS) is 12.4. The third kappa shape index (κ3) is 2.93. The van der Waals surface area contributed by atoms with Gasteiger partial charge in [0.1, 0.15) is 0 Å². The molecule has 0 amide bonds. The molecule has 2 aromatic rings. The summed E-state index contributed by atoms with van der Waals surface area (Å²) in [6, 6.07) is 14.2. The quantitative estimate of drug-likeness (QED) is 0.866. The molecule has 0 saturated heterocycles. The van der Waals surface area contributed by atoms with Crippen molar-refractivity contribution in [2.75, 3.05) is 0 Å². The minimum atomic E-state index is -0.804. The maximum Gasteiger partial charge on any atom is 0.163 e. The minimum Gasteiger partial charge on any atom is -0.306 e. The van der Waals surface area contributed by atoms with Crippen LogP contribution < -0.4 is 5.32 Å². The van der Waals surface area contributed by atoms with E-state index in [1.54, 1.807) is 6.07 Å². The fourth-order valence-electron chi connectivity index (χ4n) is 1.81. The van der Waals surface area contributed by atoms with Gasteiger partial charge >= 0.3 is 0 Å². The van der Waals surface area contributed by atoms with E-state index in [1.807, 2.05) is 37.3 Å². The number of halogens is 2. The molecule has 1 atom stereocenters. The molecule has 1 N–H and O–H groups in total. The van der Waals surface area contributed by atoms with E-state index in [4.69, 9.17) is 0 Å². The van der Waals surface area contributed by atoms with Gasteiger partial charge in [0.15, 0.2) is 11.6 Å². The average molecular weight is 247 g/mol. The van der Waals surface area contributed by atoms with Gasteiger partial charge in [-0.15, -0.1) is 0 Å². The molecule has 2 rings (SSSR count). The third-order valence-electron chi connectivity index (χ3n) is 2.93. The first-order valence-corrected chi connectivity index (χ1v) is 5.89. The lowest BCUT2D eigenvalue weighted by Gasteiger charge is -2.14. The van der Waals surface area contributed by atoms with Gasteiger partial charge in [0.2, 0.25) is 0 Å². The van der Waals surface area contributed by atoms with Crippen LogP contribution in [0.4, 0.5) is 8.78 Å². The van der Waals surface area contributed by atoms with E-state index >= 15 is 0 Å². The Morgan fingerprint density at radius 1 is 1.00 bits per heavy atom. The maximum atomic E-state index is 13.4. The fraction of sp³-hybridized carbons (Fsp3) is 0.200. The second-order valence-corrected chi connectivity index (χ2v) is 4.23. The monoisotopic (exact) mass is 247 g/mol. The Labute approximate surface area is 105 Å². The molecule has 0 aliphatic carbocycles. The first kappa shape index (κ1) is 12.7. The zero-order chi connectivity index (χ0) is 13.0. The molecule has 94 valence electrons. The predicted molar refractivity (Wildman–Crippen MR) is 68.1 cm³/mol. The minimum absolute atomic E-state index is 0.0915. The number of benzene rings is 2. The topological polar surface area (TPSA) is 12.0 Å². The van der Waals surface area contributed by atoms with Crippen LogP contribution in [0.2, 0.25) is 0 Å². The Hall–Kier alpha value is -1.74. The molecule has 0 fully saturated rings. The van der Waals surface area contributed by atoms with Crippen molar-refractivity contribution >= 4 is 0 Å². The Balaban J connectivity index is 2.02. The largest absolute Gasteiger partial charge is 0.306 e. The number of nitrogens with one attached hydrogen (secondary N) is 1. The number of hydrogen-bond acceptors (Lipinski definition) is 1. The number of hydrogen-bond donors (Lipinski definition) is 1. The Kier molecular flexibility index (Phi) is 4.05. The predicted octanol–water partition coefficient (Wildman–Crippen LogP) is 3.82. The Morgan fingerprint density at radius 3 is 2.44 bits per heavy atom. The van der Waals surface area contributed by atoms with Crippen LogP contribution in [0.25, 0.3) is 0 Å². The lowest BCUT2D eigenvalue weighted by atomic mass is 10.1. The van der Waals surface area contributed by atoms with E-state index < -0.39 is 11.6 Å². The molecule has 0 spiro atoms. The van der Waals surface area contributed by atoms with Crippen molar-refractivity contribution in [1.82, 2.24) is 5.32 Å². The molecule has 0 aliphatic rings. The Bertz CT molecular complexity index is 511. The van der Waals surface area contributed by atoms with Crippen molar-refractivity contribution in [3.8, 4) is 0 Å². The van der Waals surface area contributed by atoms with Gasteiger partial charge in [0.25, 0.3) is 0 Å². The highest BCUT2D eigenvalue weighted by Crippen LogP contribution is 2.15. The van der Waals surface area contributed by atoms with E-state index in [0.29, 0.717) is 12.1 Å². The third-order valence-corrected chi connectivity index (χ3v) is 2.93. The van der Waals surface area contributed by atoms with E-state index in [0.717, 1.165) is 11.6 Å². The van der Waals surface area contributed by atoms with E-state index in [1.165, 1.54) is 6.07 Å². The van der Waals surface area contributed by atoms with Crippen LogP contribution in [-0.2, 0) is 6.54 Å². The van der Waals surface area contributed by atoms with Gasteiger partial charge < -0.3 is 5.32 Å². The van der Waals surface area contributed by atoms with Crippen molar-refractivity contribution in [3.63, 3.8) is 0 Å².